The summed E-state index contributed by atoms with van der Waals surface area (Å²) in [5.74, 6) is 0.769. The molecule has 0 aliphatic carbocycles. The highest BCUT2D eigenvalue weighted by atomic mass is 127. The minimum atomic E-state index is -0.511. The summed E-state index contributed by atoms with van der Waals surface area (Å²) in [7, 11) is 1.62. The number of aromatic nitrogens is 1. The lowest BCUT2D eigenvalue weighted by molar-refractivity contribution is 0.0540. The molecule has 2 rings (SSSR count). The number of hydrogen-bond acceptors (Lipinski definition) is 3. The van der Waals surface area contributed by atoms with Crippen molar-refractivity contribution in [2.45, 2.75) is 26.4 Å². The predicted octanol–water partition coefficient (Wildman–Crippen LogP) is 4.04. The zero-order valence-electron chi connectivity index (χ0n) is 11.4. The van der Waals surface area contributed by atoms with Crippen molar-refractivity contribution in [3.8, 4) is 5.75 Å². The molecule has 19 heavy (non-hydrogen) atoms. The summed E-state index contributed by atoms with van der Waals surface area (Å²) in [4.78, 5) is 12.2. The van der Waals surface area contributed by atoms with Gasteiger partial charge in [-0.15, -0.1) is 0 Å². The van der Waals surface area contributed by atoms with E-state index >= 15 is 0 Å². The number of fused-ring (bicyclic) bond motifs is 1. The first-order valence-corrected chi connectivity index (χ1v) is 6.98. The average Bonchev–Trinajstić information content (AvgIpc) is 2.61. The maximum Gasteiger partial charge on any atom is 0.419 e. The second-order valence-corrected chi connectivity index (χ2v) is 6.31. The Bertz CT molecular complexity index is 625. The van der Waals surface area contributed by atoms with Gasteiger partial charge in [-0.3, -0.25) is 0 Å². The van der Waals surface area contributed by atoms with Crippen LogP contribution < -0.4 is 4.74 Å². The highest BCUT2D eigenvalue weighted by Crippen LogP contribution is 2.26. The van der Waals surface area contributed by atoms with Gasteiger partial charge in [-0.25, -0.2) is 9.36 Å². The van der Waals surface area contributed by atoms with E-state index in [1.54, 1.807) is 11.7 Å². The topological polar surface area (TPSA) is 40.5 Å². The first-order chi connectivity index (χ1) is 8.81. The number of halogens is 1. The average molecular weight is 373 g/mol. The predicted molar refractivity (Wildman–Crippen MR) is 82.8 cm³/mol. The fourth-order valence-corrected chi connectivity index (χ4v) is 2.57. The van der Waals surface area contributed by atoms with Gasteiger partial charge in [-0.1, -0.05) is 0 Å². The van der Waals surface area contributed by atoms with Crippen LogP contribution >= 0.6 is 22.6 Å². The molecule has 1 aromatic heterocycles. The quantitative estimate of drug-likeness (QED) is 0.709. The van der Waals surface area contributed by atoms with Gasteiger partial charge in [-0.05, 0) is 67.6 Å². The molecule has 102 valence electrons. The van der Waals surface area contributed by atoms with E-state index in [1.807, 2.05) is 45.0 Å². The molecule has 0 radical (unpaired) electrons. The molecule has 0 atom stereocenters. The van der Waals surface area contributed by atoms with Crippen LogP contribution in [-0.2, 0) is 4.74 Å². The SMILES string of the molecule is COc1ccc2c(c1)cc(I)n2C(=O)OC(C)(C)C. The van der Waals surface area contributed by atoms with Gasteiger partial charge in [0.15, 0.2) is 0 Å². The Kier molecular flexibility index (Phi) is 3.75. The maximum absolute atomic E-state index is 12.2. The van der Waals surface area contributed by atoms with Crippen molar-refractivity contribution in [3.05, 3.63) is 28.0 Å². The second kappa shape index (κ2) is 5.03. The van der Waals surface area contributed by atoms with Crippen LogP contribution in [0, 0.1) is 3.70 Å². The number of hydrogen-bond donors (Lipinski definition) is 0. The molecule has 0 spiro atoms. The van der Waals surface area contributed by atoms with E-state index in [0.29, 0.717) is 0 Å². The third kappa shape index (κ3) is 3.02. The molecule has 1 heterocycles. The van der Waals surface area contributed by atoms with E-state index in [9.17, 15) is 4.79 Å². The van der Waals surface area contributed by atoms with Crippen molar-refractivity contribution in [3.63, 3.8) is 0 Å². The van der Waals surface area contributed by atoms with Gasteiger partial charge in [0.1, 0.15) is 11.4 Å². The number of carbonyl (C=O) groups excluding carboxylic acids is 1. The van der Waals surface area contributed by atoms with E-state index in [1.165, 1.54) is 0 Å². The summed E-state index contributed by atoms with van der Waals surface area (Å²) in [6.07, 6.45) is -0.364. The number of ether oxygens (including phenoxy) is 2. The number of nitrogens with zero attached hydrogens (tertiary/aromatic N) is 1. The molecule has 5 heteroatoms. The minimum Gasteiger partial charge on any atom is -0.497 e. The van der Waals surface area contributed by atoms with E-state index < -0.39 is 5.60 Å². The molecule has 4 nitrogen and oxygen atoms in total. The Morgan fingerprint density at radius 2 is 1.95 bits per heavy atom. The molecule has 0 saturated carbocycles. The molecular weight excluding hydrogens is 357 g/mol. The first kappa shape index (κ1) is 14.2. The van der Waals surface area contributed by atoms with E-state index in [4.69, 9.17) is 9.47 Å². The fraction of sp³-hybridized carbons (Fsp3) is 0.357. The van der Waals surface area contributed by atoms with Gasteiger partial charge in [0.2, 0.25) is 0 Å². The molecule has 0 amide bonds. The Morgan fingerprint density at radius 1 is 1.26 bits per heavy atom. The highest BCUT2D eigenvalue weighted by molar-refractivity contribution is 14.1. The second-order valence-electron chi connectivity index (χ2n) is 5.21. The van der Waals surface area contributed by atoms with E-state index in [2.05, 4.69) is 22.6 Å². The fourth-order valence-electron chi connectivity index (χ4n) is 1.78. The minimum absolute atomic E-state index is 0.364. The van der Waals surface area contributed by atoms with Crippen molar-refractivity contribution < 1.29 is 14.3 Å². The van der Waals surface area contributed by atoms with Crippen molar-refractivity contribution in [2.24, 2.45) is 0 Å². The molecule has 0 fully saturated rings. The van der Waals surface area contributed by atoms with Crippen LogP contribution in [0.5, 0.6) is 5.75 Å². The summed E-state index contributed by atoms with van der Waals surface area (Å²) in [5, 5.41) is 0.953. The molecule has 0 saturated heterocycles. The summed E-state index contributed by atoms with van der Waals surface area (Å²) in [6.45, 7) is 5.56. The Morgan fingerprint density at radius 3 is 2.53 bits per heavy atom. The van der Waals surface area contributed by atoms with E-state index in [-0.39, 0.29) is 6.09 Å². The molecule has 0 aliphatic rings. The Balaban J connectivity index is 2.49. The highest BCUT2D eigenvalue weighted by Gasteiger charge is 2.21. The first-order valence-electron chi connectivity index (χ1n) is 5.90. The lowest BCUT2D eigenvalue weighted by Crippen LogP contribution is -2.27. The summed E-state index contributed by atoms with van der Waals surface area (Å²) in [6, 6.07) is 7.53. The normalized spacial score (nSPS) is 11.6. The van der Waals surface area contributed by atoms with Crippen LogP contribution in [0.2, 0.25) is 0 Å². The number of rotatable bonds is 1. The molecule has 0 aliphatic heterocycles. The summed E-state index contributed by atoms with van der Waals surface area (Å²) >= 11 is 2.13. The standard InChI is InChI=1S/C14H16INO3/c1-14(2,3)19-13(17)16-11-6-5-10(18-4)7-9(11)8-12(16)15/h5-8H,1-4H3. The van der Waals surface area contributed by atoms with Crippen LogP contribution in [0.15, 0.2) is 24.3 Å². The third-order valence-electron chi connectivity index (χ3n) is 2.54. The summed E-state index contributed by atoms with van der Waals surface area (Å²) < 4.78 is 13.0. The molecule has 0 bridgehead atoms. The van der Waals surface area contributed by atoms with Crippen LogP contribution in [0.1, 0.15) is 20.8 Å². The third-order valence-corrected chi connectivity index (χ3v) is 3.33. The van der Waals surface area contributed by atoms with Crippen LogP contribution in [0.25, 0.3) is 10.9 Å². The Hall–Kier alpha value is -1.24. The van der Waals surface area contributed by atoms with Gasteiger partial charge >= 0.3 is 6.09 Å². The molecule has 1 aromatic carbocycles. The van der Waals surface area contributed by atoms with Crippen molar-refractivity contribution in [1.29, 1.82) is 0 Å². The molecule has 2 aromatic rings. The van der Waals surface area contributed by atoms with Crippen LogP contribution in [-0.4, -0.2) is 23.4 Å². The van der Waals surface area contributed by atoms with Gasteiger partial charge in [0, 0.05) is 5.39 Å². The van der Waals surface area contributed by atoms with Crippen LogP contribution in [0.4, 0.5) is 4.79 Å². The molecule has 0 unspecified atom stereocenters. The van der Waals surface area contributed by atoms with Gasteiger partial charge < -0.3 is 9.47 Å². The van der Waals surface area contributed by atoms with Crippen LogP contribution in [0.3, 0.4) is 0 Å². The van der Waals surface area contributed by atoms with Gasteiger partial charge in [0.05, 0.1) is 16.3 Å². The Labute approximate surface area is 125 Å². The largest absolute Gasteiger partial charge is 0.497 e. The summed E-state index contributed by atoms with van der Waals surface area (Å²) in [5.41, 5.74) is 0.308. The van der Waals surface area contributed by atoms with Crippen molar-refractivity contribution in [2.75, 3.05) is 7.11 Å². The monoisotopic (exact) mass is 373 g/mol. The van der Waals surface area contributed by atoms with Gasteiger partial charge in [-0.2, -0.15) is 0 Å². The zero-order valence-corrected chi connectivity index (χ0v) is 13.5. The molecule has 0 N–H and O–H groups in total. The lowest BCUT2D eigenvalue weighted by Gasteiger charge is -2.20. The zero-order chi connectivity index (χ0) is 14.2. The lowest BCUT2D eigenvalue weighted by atomic mass is 10.2. The smallest absolute Gasteiger partial charge is 0.419 e. The molecular formula is C14H16INO3. The number of methoxy groups -OCH3 is 1. The maximum atomic E-state index is 12.2. The number of benzene rings is 1. The van der Waals surface area contributed by atoms with E-state index in [0.717, 1.165) is 20.4 Å². The van der Waals surface area contributed by atoms with Gasteiger partial charge in [0.25, 0.3) is 0 Å². The van der Waals surface area contributed by atoms with Crippen molar-refractivity contribution in [1.82, 2.24) is 4.57 Å². The van der Waals surface area contributed by atoms with Crippen molar-refractivity contribution >= 4 is 39.6 Å². The number of carbonyl (C=O) groups is 1.